The second kappa shape index (κ2) is 5.21. The maximum Gasteiger partial charge on any atom is 0.306 e. The van der Waals surface area contributed by atoms with Gasteiger partial charge < -0.3 is 9.47 Å². The molecule has 0 radical (unpaired) electrons. The Morgan fingerprint density at radius 3 is 2.94 bits per heavy atom. The van der Waals surface area contributed by atoms with Crippen LogP contribution in [0.5, 0.6) is 0 Å². The van der Waals surface area contributed by atoms with Crippen molar-refractivity contribution in [2.75, 3.05) is 6.61 Å². The van der Waals surface area contributed by atoms with Crippen LogP contribution in [0.2, 0.25) is 0 Å². The van der Waals surface area contributed by atoms with Gasteiger partial charge in [0.25, 0.3) is 0 Å². The molecule has 0 aromatic heterocycles. The molecule has 1 aliphatic heterocycles. The van der Waals surface area contributed by atoms with Crippen molar-refractivity contribution in [1.29, 1.82) is 0 Å². The van der Waals surface area contributed by atoms with Crippen LogP contribution in [-0.4, -0.2) is 24.3 Å². The Balaban J connectivity index is 1.88. The first-order chi connectivity index (χ1) is 8.17. The van der Waals surface area contributed by atoms with E-state index in [2.05, 4.69) is 6.58 Å². The van der Waals surface area contributed by atoms with Gasteiger partial charge in [-0.05, 0) is 44.9 Å². The van der Waals surface area contributed by atoms with E-state index >= 15 is 0 Å². The highest BCUT2D eigenvalue weighted by Crippen LogP contribution is 2.51. The zero-order valence-corrected chi connectivity index (χ0v) is 10.6. The van der Waals surface area contributed by atoms with Crippen LogP contribution >= 0.6 is 0 Å². The number of hydrogen-bond donors (Lipinski definition) is 0. The Morgan fingerprint density at radius 2 is 2.35 bits per heavy atom. The lowest BCUT2D eigenvalue weighted by molar-refractivity contribution is -0.147. The van der Waals surface area contributed by atoms with Gasteiger partial charge in [-0.1, -0.05) is 6.08 Å². The van der Waals surface area contributed by atoms with E-state index in [0.717, 1.165) is 32.1 Å². The molecule has 1 unspecified atom stereocenters. The lowest BCUT2D eigenvalue weighted by Crippen LogP contribution is -2.35. The molecule has 1 aliphatic carbocycles. The monoisotopic (exact) mass is 238 g/mol. The fraction of sp³-hybridized carbons (Fsp3) is 0.786. The van der Waals surface area contributed by atoms with E-state index in [1.165, 1.54) is 0 Å². The molecule has 0 bridgehead atoms. The van der Waals surface area contributed by atoms with E-state index in [4.69, 9.17) is 9.47 Å². The van der Waals surface area contributed by atoms with Crippen molar-refractivity contribution in [2.24, 2.45) is 5.92 Å². The average Bonchev–Trinajstić information content (AvgIpc) is 2.97. The van der Waals surface area contributed by atoms with E-state index in [1.54, 1.807) is 0 Å². The van der Waals surface area contributed by atoms with Crippen molar-refractivity contribution in [3.63, 3.8) is 0 Å². The van der Waals surface area contributed by atoms with Gasteiger partial charge in [0.15, 0.2) is 0 Å². The summed E-state index contributed by atoms with van der Waals surface area (Å²) in [6.07, 6.45) is 7.90. The molecule has 96 valence electrons. The molecular weight excluding hydrogens is 216 g/mol. The minimum atomic E-state index is -0.0625. The lowest BCUT2D eigenvalue weighted by Gasteiger charge is -2.35. The smallest absolute Gasteiger partial charge is 0.306 e. The van der Waals surface area contributed by atoms with Gasteiger partial charge >= 0.3 is 5.97 Å². The van der Waals surface area contributed by atoms with E-state index in [9.17, 15) is 4.79 Å². The van der Waals surface area contributed by atoms with Gasteiger partial charge in [-0.15, -0.1) is 6.58 Å². The maximum atomic E-state index is 11.5. The van der Waals surface area contributed by atoms with Crippen LogP contribution in [0.25, 0.3) is 0 Å². The van der Waals surface area contributed by atoms with Crippen LogP contribution in [-0.2, 0) is 14.3 Å². The second-order valence-corrected chi connectivity index (χ2v) is 5.26. The summed E-state index contributed by atoms with van der Waals surface area (Å²) in [5.41, 5.74) is 0.100. The Kier molecular flexibility index (Phi) is 3.87. The molecule has 1 saturated heterocycles. The van der Waals surface area contributed by atoms with Gasteiger partial charge in [0, 0.05) is 6.42 Å². The van der Waals surface area contributed by atoms with Gasteiger partial charge in [0.1, 0.15) is 0 Å². The Labute approximate surface area is 103 Å². The average molecular weight is 238 g/mol. The predicted octanol–water partition coefficient (Wildman–Crippen LogP) is 2.84. The number of esters is 1. The molecule has 2 fully saturated rings. The summed E-state index contributed by atoms with van der Waals surface area (Å²) in [5, 5.41) is 0. The summed E-state index contributed by atoms with van der Waals surface area (Å²) in [7, 11) is 0. The summed E-state index contributed by atoms with van der Waals surface area (Å²) < 4.78 is 11.1. The molecule has 0 amide bonds. The third-order valence-corrected chi connectivity index (χ3v) is 3.67. The highest BCUT2D eigenvalue weighted by atomic mass is 16.5. The summed E-state index contributed by atoms with van der Waals surface area (Å²) in [6.45, 7) is 6.09. The van der Waals surface area contributed by atoms with Crippen molar-refractivity contribution >= 4 is 5.97 Å². The van der Waals surface area contributed by atoms with Crippen LogP contribution in [0.3, 0.4) is 0 Å². The summed E-state index contributed by atoms with van der Waals surface area (Å²) in [4.78, 5) is 11.5. The third kappa shape index (κ3) is 3.32. The minimum Gasteiger partial charge on any atom is -0.466 e. The van der Waals surface area contributed by atoms with Crippen molar-refractivity contribution in [1.82, 2.24) is 0 Å². The highest BCUT2D eigenvalue weighted by Gasteiger charge is 2.50. The van der Waals surface area contributed by atoms with Crippen LogP contribution < -0.4 is 0 Å². The molecule has 0 aromatic carbocycles. The Morgan fingerprint density at radius 1 is 1.59 bits per heavy atom. The van der Waals surface area contributed by atoms with Crippen molar-refractivity contribution in [3.8, 4) is 0 Å². The number of ether oxygens (including phenoxy) is 2. The zero-order valence-electron chi connectivity index (χ0n) is 10.6. The minimum absolute atomic E-state index is 0.0625. The first kappa shape index (κ1) is 12.6. The molecule has 1 heterocycles. The molecule has 0 N–H and O–H groups in total. The molecular formula is C14H22O3. The number of rotatable bonds is 5. The van der Waals surface area contributed by atoms with Crippen LogP contribution in [0.15, 0.2) is 12.7 Å². The Hall–Kier alpha value is -0.830. The molecule has 1 spiro atoms. The number of carbonyl (C=O) groups is 1. The second-order valence-electron chi connectivity index (χ2n) is 5.26. The molecule has 0 aromatic rings. The van der Waals surface area contributed by atoms with Gasteiger partial charge in [-0.25, -0.2) is 0 Å². The fourth-order valence-corrected chi connectivity index (χ4v) is 2.83. The normalized spacial score (nSPS) is 29.9. The summed E-state index contributed by atoms with van der Waals surface area (Å²) in [5.74, 6) is 0.364. The zero-order chi connectivity index (χ0) is 12.3. The maximum absolute atomic E-state index is 11.5. The lowest BCUT2D eigenvalue weighted by atomic mass is 9.87. The van der Waals surface area contributed by atoms with Crippen LogP contribution in [0, 0.1) is 5.92 Å². The first-order valence-corrected chi connectivity index (χ1v) is 6.62. The number of carbonyl (C=O) groups excluding carboxylic acids is 1. The predicted molar refractivity (Wildman–Crippen MR) is 65.6 cm³/mol. The van der Waals surface area contributed by atoms with Gasteiger partial charge in [-0.2, -0.15) is 0 Å². The van der Waals surface area contributed by atoms with Crippen molar-refractivity contribution in [3.05, 3.63) is 12.7 Å². The molecule has 2 aliphatic rings. The molecule has 3 nitrogen and oxygen atoms in total. The van der Waals surface area contributed by atoms with Crippen LogP contribution in [0.4, 0.5) is 0 Å². The summed E-state index contributed by atoms with van der Waals surface area (Å²) in [6, 6.07) is 0. The molecule has 1 saturated carbocycles. The van der Waals surface area contributed by atoms with Crippen molar-refractivity contribution < 1.29 is 14.3 Å². The van der Waals surface area contributed by atoms with E-state index in [-0.39, 0.29) is 17.7 Å². The largest absolute Gasteiger partial charge is 0.466 e. The number of hydrogen-bond acceptors (Lipinski definition) is 3. The molecule has 2 rings (SSSR count). The topological polar surface area (TPSA) is 35.5 Å². The Bertz CT molecular complexity index is 294. The van der Waals surface area contributed by atoms with Gasteiger partial charge in [0.05, 0.1) is 18.3 Å². The van der Waals surface area contributed by atoms with E-state index < -0.39 is 0 Å². The molecule has 3 heteroatoms. The van der Waals surface area contributed by atoms with E-state index in [1.807, 2.05) is 13.0 Å². The SMILES string of the molecule is C=CC[C@@H]1CC(CC(=O)OCC)CC2(CC2)O1. The summed E-state index contributed by atoms with van der Waals surface area (Å²) >= 11 is 0. The standard InChI is InChI=1S/C14H22O3/c1-3-5-12-8-11(9-13(15)16-4-2)10-14(17-12)6-7-14/h3,11-12H,1,4-10H2,2H3/t11?,12-/m1/s1. The first-order valence-electron chi connectivity index (χ1n) is 6.62. The van der Waals surface area contributed by atoms with Crippen LogP contribution in [0.1, 0.15) is 45.4 Å². The fourth-order valence-electron chi connectivity index (χ4n) is 2.83. The quantitative estimate of drug-likeness (QED) is 0.546. The molecule has 2 atom stereocenters. The van der Waals surface area contributed by atoms with E-state index in [0.29, 0.717) is 18.9 Å². The van der Waals surface area contributed by atoms with Crippen molar-refractivity contribution in [2.45, 2.75) is 57.2 Å². The highest BCUT2D eigenvalue weighted by molar-refractivity contribution is 5.69. The van der Waals surface area contributed by atoms with Gasteiger partial charge in [0.2, 0.25) is 0 Å². The van der Waals surface area contributed by atoms with Gasteiger partial charge in [-0.3, -0.25) is 4.79 Å². The molecule has 17 heavy (non-hydrogen) atoms. The third-order valence-electron chi connectivity index (χ3n) is 3.67.